The van der Waals surface area contributed by atoms with Crippen LogP contribution < -0.4 is 20.1 Å². The van der Waals surface area contributed by atoms with Gasteiger partial charge < -0.3 is 20.0 Å². The molecule has 1 atom stereocenters. The average molecular weight is 391 g/mol. The van der Waals surface area contributed by atoms with E-state index in [4.69, 9.17) is 4.74 Å². The molecule has 3 aromatic carbocycles. The highest BCUT2D eigenvalue weighted by molar-refractivity contribution is 6.12. The van der Waals surface area contributed by atoms with Crippen LogP contribution >= 0.6 is 0 Å². The Labute approximate surface area is 166 Å². The number of carbonyl (C=O) groups is 2. The SMILES string of the molecule is O=C([O-])COc1ccc([C@@H]2Nc3ccccc3C(=O)N2c2ccc(F)cc2)cc1. The third-order valence-electron chi connectivity index (χ3n) is 4.58. The molecule has 4 rings (SSSR count). The Morgan fingerprint density at radius 2 is 1.72 bits per heavy atom. The molecule has 1 aliphatic rings. The number of hydrogen-bond acceptors (Lipinski definition) is 5. The van der Waals surface area contributed by atoms with Crippen molar-refractivity contribution in [3.8, 4) is 5.75 Å². The third kappa shape index (κ3) is 3.75. The van der Waals surface area contributed by atoms with Gasteiger partial charge in [0, 0.05) is 11.4 Å². The molecular formula is C22H16FN2O4-. The van der Waals surface area contributed by atoms with E-state index in [0.717, 1.165) is 5.56 Å². The zero-order valence-corrected chi connectivity index (χ0v) is 15.2. The van der Waals surface area contributed by atoms with E-state index in [-0.39, 0.29) is 5.91 Å². The molecule has 146 valence electrons. The number of nitrogens with one attached hydrogen (secondary N) is 1. The van der Waals surface area contributed by atoms with Gasteiger partial charge in [-0.15, -0.1) is 0 Å². The number of carboxylic acid groups (broad SMARTS) is 1. The number of fused-ring (bicyclic) bond motifs is 1. The van der Waals surface area contributed by atoms with E-state index in [2.05, 4.69) is 5.32 Å². The highest BCUT2D eigenvalue weighted by Gasteiger charge is 2.33. The fourth-order valence-electron chi connectivity index (χ4n) is 3.24. The number of ether oxygens (including phenoxy) is 1. The number of amides is 1. The summed E-state index contributed by atoms with van der Waals surface area (Å²) in [5.74, 6) is -1.55. The molecule has 0 fully saturated rings. The van der Waals surface area contributed by atoms with Gasteiger partial charge in [0.25, 0.3) is 5.91 Å². The van der Waals surface area contributed by atoms with Crippen molar-refractivity contribution < 1.29 is 23.8 Å². The lowest BCUT2D eigenvalue weighted by Crippen LogP contribution is -2.43. The summed E-state index contributed by atoms with van der Waals surface area (Å²) in [6, 6.07) is 19.6. The lowest BCUT2D eigenvalue weighted by molar-refractivity contribution is -0.307. The van der Waals surface area contributed by atoms with Crippen LogP contribution in [0.3, 0.4) is 0 Å². The van der Waals surface area contributed by atoms with Crippen LogP contribution in [-0.2, 0) is 4.79 Å². The third-order valence-corrected chi connectivity index (χ3v) is 4.58. The summed E-state index contributed by atoms with van der Waals surface area (Å²) in [7, 11) is 0. The minimum atomic E-state index is -1.31. The van der Waals surface area contributed by atoms with E-state index in [1.54, 1.807) is 53.4 Å². The number of benzene rings is 3. The number of carboxylic acids is 1. The van der Waals surface area contributed by atoms with Crippen molar-refractivity contribution >= 4 is 23.3 Å². The van der Waals surface area contributed by atoms with E-state index in [0.29, 0.717) is 22.7 Å². The summed E-state index contributed by atoms with van der Waals surface area (Å²) >= 11 is 0. The number of hydrogen-bond donors (Lipinski definition) is 1. The predicted molar refractivity (Wildman–Crippen MR) is 103 cm³/mol. The Bertz CT molecular complexity index is 1050. The van der Waals surface area contributed by atoms with Crippen LogP contribution in [0.4, 0.5) is 15.8 Å². The highest BCUT2D eigenvalue weighted by atomic mass is 19.1. The van der Waals surface area contributed by atoms with E-state index in [1.807, 2.05) is 12.1 Å². The van der Waals surface area contributed by atoms with Crippen molar-refractivity contribution in [1.29, 1.82) is 0 Å². The lowest BCUT2D eigenvalue weighted by atomic mass is 10.0. The van der Waals surface area contributed by atoms with E-state index in [9.17, 15) is 19.1 Å². The van der Waals surface area contributed by atoms with Gasteiger partial charge >= 0.3 is 0 Å². The Morgan fingerprint density at radius 1 is 1.03 bits per heavy atom. The zero-order valence-electron chi connectivity index (χ0n) is 15.2. The van der Waals surface area contributed by atoms with Crippen molar-refractivity contribution in [1.82, 2.24) is 0 Å². The maximum Gasteiger partial charge on any atom is 0.262 e. The molecule has 7 heteroatoms. The second kappa shape index (κ2) is 7.63. The number of para-hydroxylation sites is 1. The van der Waals surface area contributed by atoms with Crippen LogP contribution in [-0.4, -0.2) is 18.5 Å². The molecule has 29 heavy (non-hydrogen) atoms. The Kier molecular flexibility index (Phi) is 4.87. The van der Waals surface area contributed by atoms with Gasteiger partial charge in [-0.1, -0.05) is 24.3 Å². The molecule has 1 N–H and O–H groups in total. The van der Waals surface area contributed by atoms with Crippen LogP contribution in [0.25, 0.3) is 0 Å². The second-order valence-corrected chi connectivity index (χ2v) is 6.47. The van der Waals surface area contributed by atoms with Crippen LogP contribution in [0, 0.1) is 5.82 Å². The fourth-order valence-corrected chi connectivity index (χ4v) is 3.24. The van der Waals surface area contributed by atoms with Crippen LogP contribution in [0.5, 0.6) is 5.75 Å². The standard InChI is InChI=1S/C22H17FN2O4/c23-15-7-9-16(10-8-15)25-21(24-19-4-2-1-3-18(19)22(25)28)14-5-11-17(12-6-14)29-13-20(26)27/h1-12,21,24H,13H2,(H,26,27)/p-1/t21-/m1/s1. The maximum absolute atomic E-state index is 13.4. The van der Waals surface area contributed by atoms with Gasteiger partial charge in [-0.05, 0) is 54.1 Å². The number of aliphatic carboxylic acids is 1. The molecule has 0 spiro atoms. The molecule has 0 saturated carbocycles. The number of anilines is 2. The molecule has 0 unspecified atom stereocenters. The first kappa shape index (κ1) is 18.5. The highest BCUT2D eigenvalue weighted by Crippen LogP contribution is 2.37. The van der Waals surface area contributed by atoms with E-state index in [1.165, 1.54) is 12.1 Å². The Morgan fingerprint density at radius 3 is 2.41 bits per heavy atom. The van der Waals surface area contributed by atoms with E-state index >= 15 is 0 Å². The smallest absolute Gasteiger partial charge is 0.262 e. The largest absolute Gasteiger partial charge is 0.546 e. The summed E-state index contributed by atoms with van der Waals surface area (Å²) in [4.78, 5) is 25.3. The van der Waals surface area contributed by atoms with Gasteiger partial charge in [-0.3, -0.25) is 9.69 Å². The van der Waals surface area contributed by atoms with Gasteiger partial charge in [-0.2, -0.15) is 0 Å². The fraction of sp³-hybridized carbons (Fsp3) is 0.0909. The van der Waals surface area contributed by atoms with Crippen molar-refractivity contribution in [2.45, 2.75) is 6.17 Å². The number of nitrogens with zero attached hydrogens (tertiary/aromatic N) is 1. The molecule has 6 nitrogen and oxygen atoms in total. The Balaban J connectivity index is 1.71. The minimum absolute atomic E-state index is 0.215. The predicted octanol–water partition coefficient (Wildman–Crippen LogP) is 2.73. The topological polar surface area (TPSA) is 81.7 Å². The number of carbonyl (C=O) groups excluding carboxylic acids is 2. The van der Waals surface area contributed by atoms with Gasteiger partial charge in [0.15, 0.2) is 0 Å². The average Bonchev–Trinajstić information content (AvgIpc) is 2.73. The zero-order chi connectivity index (χ0) is 20.4. The minimum Gasteiger partial charge on any atom is -0.546 e. The first-order valence-electron chi connectivity index (χ1n) is 8.90. The van der Waals surface area contributed by atoms with Gasteiger partial charge in [0.2, 0.25) is 0 Å². The summed E-state index contributed by atoms with van der Waals surface area (Å²) in [5, 5.41) is 13.9. The molecule has 0 saturated heterocycles. The normalized spacial score (nSPS) is 15.4. The summed E-state index contributed by atoms with van der Waals surface area (Å²) < 4.78 is 18.5. The van der Waals surface area contributed by atoms with Gasteiger partial charge in [0.1, 0.15) is 24.3 Å². The molecule has 1 amide bonds. The molecule has 0 bridgehead atoms. The second-order valence-electron chi connectivity index (χ2n) is 6.47. The van der Waals surface area contributed by atoms with Crippen molar-refractivity contribution in [3.63, 3.8) is 0 Å². The molecule has 0 radical (unpaired) electrons. The lowest BCUT2D eigenvalue weighted by Gasteiger charge is -2.38. The quantitative estimate of drug-likeness (QED) is 0.723. The van der Waals surface area contributed by atoms with Crippen LogP contribution in [0.2, 0.25) is 0 Å². The molecule has 3 aromatic rings. The van der Waals surface area contributed by atoms with Gasteiger partial charge in [0.05, 0.1) is 11.5 Å². The molecule has 0 aromatic heterocycles. The number of rotatable bonds is 5. The molecular weight excluding hydrogens is 375 g/mol. The van der Waals surface area contributed by atoms with Crippen molar-refractivity contribution in [2.75, 3.05) is 16.8 Å². The first-order chi connectivity index (χ1) is 14.0. The van der Waals surface area contributed by atoms with E-state index < -0.39 is 24.6 Å². The maximum atomic E-state index is 13.4. The molecule has 0 aliphatic carbocycles. The van der Waals surface area contributed by atoms with Crippen molar-refractivity contribution in [2.24, 2.45) is 0 Å². The first-order valence-corrected chi connectivity index (χ1v) is 8.90. The van der Waals surface area contributed by atoms with Crippen LogP contribution in [0.15, 0.2) is 72.8 Å². The summed E-state index contributed by atoms with van der Waals surface area (Å²) in [5.41, 5.74) is 2.50. The monoisotopic (exact) mass is 391 g/mol. The van der Waals surface area contributed by atoms with Crippen LogP contribution in [0.1, 0.15) is 22.1 Å². The molecule has 1 heterocycles. The van der Waals surface area contributed by atoms with Crippen molar-refractivity contribution in [3.05, 3.63) is 89.7 Å². The summed E-state index contributed by atoms with van der Waals surface area (Å²) in [6.07, 6.45) is -0.543. The Hall–Kier alpha value is -3.87. The number of halogens is 1. The summed E-state index contributed by atoms with van der Waals surface area (Å²) in [6.45, 7) is -0.547. The van der Waals surface area contributed by atoms with Gasteiger partial charge in [-0.25, -0.2) is 4.39 Å². The molecule has 1 aliphatic heterocycles.